The molecular weight excluding hydrogens is 298 g/mol. The SMILES string of the molecule is Cc1cc(C)cc(N2CCC(N3[C@@H]4CC[C@H]3CNC(=O)C4)CC2)c1. The summed E-state index contributed by atoms with van der Waals surface area (Å²) in [6, 6.07) is 8.57. The van der Waals surface area contributed by atoms with Crippen molar-refractivity contribution in [2.24, 2.45) is 0 Å². The zero-order valence-electron chi connectivity index (χ0n) is 14.9. The first-order valence-electron chi connectivity index (χ1n) is 9.47. The Labute approximate surface area is 145 Å². The third-order valence-corrected chi connectivity index (χ3v) is 6.09. The lowest BCUT2D eigenvalue weighted by Gasteiger charge is -2.42. The number of aryl methyl sites for hydroxylation is 2. The van der Waals surface area contributed by atoms with Crippen molar-refractivity contribution in [1.82, 2.24) is 10.2 Å². The van der Waals surface area contributed by atoms with Crippen LogP contribution in [0.1, 0.15) is 43.2 Å². The van der Waals surface area contributed by atoms with E-state index in [-0.39, 0.29) is 5.91 Å². The van der Waals surface area contributed by atoms with Gasteiger partial charge < -0.3 is 10.2 Å². The molecule has 0 radical (unpaired) electrons. The quantitative estimate of drug-likeness (QED) is 0.907. The molecule has 4 nitrogen and oxygen atoms in total. The first-order valence-corrected chi connectivity index (χ1v) is 9.47. The molecule has 4 heteroatoms. The number of nitrogens with one attached hydrogen (secondary N) is 1. The molecule has 0 aromatic heterocycles. The van der Waals surface area contributed by atoms with Gasteiger partial charge in [0.2, 0.25) is 5.91 Å². The minimum atomic E-state index is 0.250. The Morgan fingerprint density at radius 3 is 2.29 bits per heavy atom. The number of amides is 1. The summed E-state index contributed by atoms with van der Waals surface area (Å²) < 4.78 is 0. The Balaban J connectivity index is 1.43. The van der Waals surface area contributed by atoms with Crippen molar-refractivity contribution >= 4 is 11.6 Å². The molecule has 4 rings (SSSR count). The molecule has 3 aliphatic rings. The van der Waals surface area contributed by atoms with Crippen LogP contribution in [-0.4, -0.2) is 48.6 Å². The van der Waals surface area contributed by atoms with Crippen LogP contribution >= 0.6 is 0 Å². The van der Waals surface area contributed by atoms with Crippen molar-refractivity contribution in [1.29, 1.82) is 0 Å². The molecule has 3 saturated heterocycles. The van der Waals surface area contributed by atoms with E-state index in [0.717, 1.165) is 19.6 Å². The van der Waals surface area contributed by atoms with Gasteiger partial charge in [0.1, 0.15) is 0 Å². The molecule has 1 amide bonds. The standard InChI is InChI=1S/C20H29N3O/c1-14-9-15(2)11-19(10-14)22-7-5-16(6-8-22)23-17-3-4-18(23)13-21-20(24)12-17/h9-11,16-18H,3-8,12-13H2,1-2H3,(H,21,24)/t17-,18+/m1/s1. The van der Waals surface area contributed by atoms with E-state index in [9.17, 15) is 4.79 Å². The van der Waals surface area contributed by atoms with E-state index >= 15 is 0 Å². The molecule has 3 fully saturated rings. The lowest BCUT2D eigenvalue weighted by Crippen LogP contribution is -2.50. The van der Waals surface area contributed by atoms with Crippen LogP contribution in [0, 0.1) is 13.8 Å². The van der Waals surface area contributed by atoms with Gasteiger partial charge in [-0.15, -0.1) is 0 Å². The maximum absolute atomic E-state index is 11.9. The van der Waals surface area contributed by atoms with Gasteiger partial charge in [-0.25, -0.2) is 0 Å². The summed E-state index contributed by atoms with van der Waals surface area (Å²) >= 11 is 0. The molecule has 0 unspecified atom stereocenters. The molecule has 2 bridgehead atoms. The zero-order valence-corrected chi connectivity index (χ0v) is 14.9. The number of rotatable bonds is 2. The van der Waals surface area contributed by atoms with Gasteiger partial charge in [0, 0.05) is 49.9 Å². The van der Waals surface area contributed by atoms with Crippen LogP contribution < -0.4 is 10.2 Å². The summed E-state index contributed by atoms with van der Waals surface area (Å²) in [7, 11) is 0. The summed E-state index contributed by atoms with van der Waals surface area (Å²) in [4.78, 5) is 17.1. The molecule has 24 heavy (non-hydrogen) atoms. The van der Waals surface area contributed by atoms with E-state index in [2.05, 4.69) is 47.2 Å². The predicted octanol–water partition coefficient (Wildman–Crippen LogP) is 2.63. The van der Waals surface area contributed by atoms with Crippen LogP contribution in [0.5, 0.6) is 0 Å². The summed E-state index contributed by atoms with van der Waals surface area (Å²) in [5.41, 5.74) is 4.08. The Hall–Kier alpha value is -1.55. The fourth-order valence-electron chi connectivity index (χ4n) is 5.07. The number of hydrogen-bond donors (Lipinski definition) is 1. The van der Waals surface area contributed by atoms with Crippen LogP contribution in [0.15, 0.2) is 18.2 Å². The van der Waals surface area contributed by atoms with E-state index < -0.39 is 0 Å². The number of hydrogen-bond acceptors (Lipinski definition) is 3. The molecule has 2 atom stereocenters. The van der Waals surface area contributed by atoms with Gasteiger partial charge in [-0.2, -0.15) is 0 Å². The molecule has 1 aromatic carbocycles. The molecule has 1 N–H and O–H groups in total. The molecule has 3 aliphatic heterocycles. The number of carbonyl (C=O) groups excluding carboxylic acids is 1. The second kappa shape index (κ2) is 6.40. The first kappa shape index (κ1) is 15.9. The molecule has 3 heterocycles. The number of carbonyl (C=O) groups is 1. The minimum absolute atomic E-state index is 0.250. The maximum Gasteiger partial charge on any atom is 0.221 e. The monoisotopic (exact) mass is 327 g/mol. The van der Waals surface area contributed by atoms with Gasteiger partial charge in [-0.1, -0.05) is 6.07 Å². The molecule has 0 spiro atoms. The first-order chi connectivity index (χ1) is 11.6. The van der Waals surface area contributed by atoms with Gasteiger partial charge in [0.05, 0.1) is 0 Å². The average molecular weight is 327 g/mol. The van der Waals surface area contributed by atoms with Crippen molar-refractivity contribution in [3.8, 4) is 0 Å². The number of anilines is 1. The molecule has 0 aliphatic carbocycles. The van der Waals surface area contributed by atoms with Crippen molar-refractivity contribution in [3.05, 3.63) is 29.3 Å². The zero-order chi connectivity index (χ0) is 16.7. The fourth-order valence-corrected chi connectivity index (χ4v) is 5.07. The third-order valence-electron chi connectivity index (χ3n) is 6.09. The number of benzene rings is 1. The van der Waals surface area contributed by atoms with E-state index in [1.165, 1.54) is 42.5 Å². The van der Waals surface area contributed by atoms with Crippen LogP contribution in [0.25, 0.3) is 0 Å². The summed E-state index contributed by atoms with van der Waals surface area (Å²) in [5.74, 6) is 0.250. The van der Waals surface area contributed by atoms with Crippen molar-refractivity contribution < 1.29 is 4.79 Å². The average Bonchev–Trinajstić information content (AvgIpc) is 2.86. The molecule has 130 valence electrons. The van der Waals surface area contributed by atoms with Gasteiger partial charge in [-0.3, -0.25) is 9.69 Å². The fraction of sp³-hybridized carbons (Fsp3) is 0.650. The van der Waals surface area contributed by atoms with Gasteiger partial charge in [-0.05, 0) is 62.8 Å². The Morgan fingerprint density at radius 2 is 1.58 bits per heavy atom. The number of fused-ring (bicyclic) bond motifs is 2. The summed E-state index contributed by atoms with van der Waals surface area (Å²) in [6.45, 7) is 7.48. The highest BCUT2D eigenvalue weighted by Crippen LogP contribution is 2.34. The highest BCUT2D eigenvalue weighted by atomic mass is 16.1. The number of nitrogens with zero attached hydrogens (tertiary/aromatic N) is 2. The normalized spacial score (nSPS) is 28.8. The summed E-state index contributed by atoms with van der Waals surface area (Å²) in [6.07, 6.45) is 5.59. The minimum Gasteiger partial charge on any atom is -0.371 e. The highest BCUT2D eigenvalue weighted by Gasteiger charge is 2.41. The molecular formula is C20H29N3O. The van der Waals surface area contributed by atoms with Crippen molar-refractivity contribution in [2.75, 3.05) is 24.5 Å². The number of piperidine rings is 1. The van der Waals surface area contributed by atoms with Crippen LogP contribution in [0.2, 0.25) is 0 Å². The topological polar surface area (TPSA) is 35.6 Å². The van der Waals surface area contributed by atoms with Crippen molar-refractivity contribution in [3.63, 3.8) is 0 Å². The van der Waals surface area contributed by atoms with E-state index in [0.29, 0.717) is 24.5 Å². The molecule has 0 saturated carbocycles. The Bertz CT molecular complexity index is 601. The smallest absolute Gasteiger partial charge is 0.221 e. The Kier molecular flexibility index (Phi) is 4.25. The second-order valence-electron chi connectivity index (χ2n) is 7.90. The van der Waals surface area contributed by atoms with Crippen LogP contribution in [-0.2, 0) is 4.79 Å². The predicted molar refractivity (Wildman–Crippen MR) is 97.4 cm³/mol. The summed E-state index contributed by atoms with van der Waals surface area (Å²) in [5, 5.41) is 3.10. The second-order valence-corrected chi connectivity index (χ2v) is 7.90. The largest absolute Gasteiger partial charge is 0.371 e. The van der Waals surface area contributed by atoms with Crippen molar-refractivity contribution in [2.45, 2.75) is 64.1 Å². The van der Waals surface area contributed by atoms with Gasteiger partial charge >= 0.3 is 0 Å². The lowest BCUT2D eigenvalue weighted by atomic mass is 9.99. The highest BCUT2D eigenvalue weighted by molar-refractivity contribution is 5.77. The van der Waals surface area contributed by atoms with Gasteiger partial charge in [0.25, 0.3) is 0 Å². The van der Waals surface area contributed by atoms with E-state index in [1.54, 1.807) is 0 Å². The van der Waals surface area contributed by atoms with E-state index in [4.69, 9.17) is 0 Å². The van der Waals surface area contributed by atoms with Crippen LogP contribution in [0.4, 0.5) is 5.69 Å². The van der Waals surface area contributed by atoms with Gasteiger partial charge in [0.15, 0.2) is 0 Å². The third kappa shape index (κ3) is 3.04. The molecule has 1 aromatic rings. The van der Waals surface area contributed by atoms with E-state index in [1.807, 2.05) is 0 Å². The lowest BCUT2D eigenvalue weighted by molar-refractivity contribution is -0.121. The Morgan fingerprint density at radius 1 is 0.917 bits per heavy atom. The maximum atomic E-state index is 11.9. The van der Waals surface area contributed by atoms with Crippen LogP contribution in [0.3, 0.4) is 0 Å².